The van der Waals surface area contributed by atoms with Gasteiger partial charge in [0.1, 0.15) is 5.75 Å². The molecule has 2 aromatic carbocycles. The van der Waals surface area contributed by atoms with E-state index in [9.17, 15) is 4.79 Å². The van der Waals surface area contributed by atoms with Gasteiger partial charge in [-0.2, -0.15) is 0 Å². The van der Waals surface area contributed by atoms with Crippen molar-refractivity contribution in [2.75, 3.05) is 23.4 Å². The molecule has 0 bridgehead atoms. The Balaban J connectivity index is 1.57. The van der Waals surface area contributed by atoms with Gasteiger partial charge in [-0.15, -0.1) is 0 Å². The highest BCUT2D eigenvalue weighted by Gasteiger charge is 2.18. The van der Waals surface area contributed by atoms with Crippen LogP contribution in [0.5, 0.6) is 5.75 Å². The van der Waals surface area contributed by atoms with Crippen molar-refractivity contribution in [3.63, 3.8) is 0 Å². The van der Waals surface area contributed by atoms with Crippen molar-refractivity contribution < 1.29 is 9.53 Å². The number of carbonyl (C=O) groups is 1. The smallest absolute Gasteiger partial charge is 0.262 e. The Bertz CT molecular complexity index is 799. The SMILES string of the molecule is Cc1ccc(C(C)C)c(OCC(=O)Nc2ccc(N3CCCC[C@@H]3C)cc2)c1. The zero-order valence-corrected chi connectivity index (χ0v) is 17.5. The summed E-state index contributed by atoms with van der Waals surface area (Å²) in [6.07, 6.45) is 3.80. The van der Waals surface area contributed by atoms with Crippen LogP contribution in [0, 0.1) is 6.92 Å². The molecule has 28 heavy (non-hydrogen) atoms. The molecule has 1 aliphatic rings. The third kappa shape index (κ3) is 5.06. The lowest BCUT2D eigenvalue weighted by atomic mass is 10.0. The van der Waals surface area contributed by atoms with Crippen molar-refractivity contribution in [3.05, 3.63) is 53.6 Å². The Hall–Kier alpha value is -2.49. The van der Waals surface area contributed by atoms with Crippen LogP contribution in [0.25, 0.3) is 0 Å². The Morgan fingerprint density at radius 2 is 1.93 bits per heavy atom. The maximum Gasteiger partial charge on any atom is 0.262 e. The molecular weight excluding hydrogens is 348 g/mol. The molecule has 1 saturated heterocycles. The van der Waals surface area contributed by atoms with Crippen LogP contribution < -0.4 is 15.0 Å². The zero-order chi connectivity index (χ0) is 20.1. The lowest BCUT2D eigenvalue weighted by Gasteiger charge is -2.35. The fourth-order valence-corrected chi connectivity index (χ4v) is 3.80. The monoisotopic (exact) mass is 380 g/mol. The molecule has 0 unspecified atom stereocenters. The van der Waals surface area contributed by atoms with Crippen LogP contribution in [-0.4, -0.2) is 25.1 Å². The van der Waals surface area contributed by atoms with Crippen molar-refractivity contribution in [3.8, 4) is 5.75 Å². The predicted molar refractivity (Wildman–Crippen MR) is 116 cm³/mol. The first-order valence-electron chi connectivity index (χ1n) is 10.3. The molecule has 0 spiro atoms. The lowest BCUT2D eigenvalue weighted by Crippen LogP contribution is -2.37. The highest BCUT2D eigenvalue weighted by atomic mass is 16.5. The maximum absolute atomic E-state index is 12.3. The quantitative estimate of drug-likeness (QED) is 0.718. The molecule has 0 aromatic heterocycles. The second kappa shape index (κ2) is 9.13. The van der Waals surface area contributed by atoms with Crippen LogP contribution in [0.4, 0.5) is 11.4 Å². The zero-order valence-electron chi connectivity index (χ0n) is 17.5. The average Bonchev–Trinajstić information content (AvgIpc) is 2.67. The summed E-state index contributed by atoms with van der Waals surface area (Å²) in [5, 5.41) is 2.93. The number of hydrogen-bond donors (Lipinski definition) is 1. The molecule has 0 saturated carbocycles. The van der Waals surface area contributed by atoms with E-state index in [2.05, 4.69) is 55.3 Å². The molecule has 1 N–H and O–H groups in total. The molecule has 1 aliphatic heterocycles. The van der Waals surface area contributed by atoms with Crippen LogP contribution in [-0.2, 0) is 4.79 Å². The number of carbonyl (C=O) groups excluding carboxylic acids is 1. The van der Waals surface area contributed by atoms with Gasteiger partial charge in [0.05, 0.1) is 0 Å². The van der Waals surface area contributed by atoms with Gasteiger partial charge in [-0.1, -0.05) is 26.0 Å². The highest BCUT2D eigenvalue weighted by Crippen LogP contribution is 2.28. The number of amides is 1. The molecule has 150 valence electrons. The number of anilines is 2. The van der Waals surface area contributed by atoms with E-state index < -0.39 is 0 Å². The summed E-state index contributed by atoms with van der Waals surface area (Å²) in [7, 11) is 0. The van der Waals surface area contributed by atoms with Crippen LogP contribution in [0.1, 0.15) is 57.1 Å². The molecular formula is C24H32N2O2. The first-order valence-corrected chi connectivity index (χ1v) is 10.3. The molecule has 2 aromatic rings. The lowest BCUT2D eigenvalue weighted by molar-refractivity contribution is -0.118. The van der Waals surface area contributed by atoms with Gasteiger partial charge in [0, 0.05) is 24.0 Å². The number of nitrogens with one attached hydrogen (secondary N) is 1. The number of ether oxygens (including phenoxy) is 1. The summed E-state index contributed by atoms with van der Waals surface area (Å²) in [6, 6.07) is 14.9. The van der Waals surface area contributed by atoms with Crippen molar-refractivity contribution in [2.45, 2.75) is 58.9 Å². The van der Waals surface area contributed by atoms with E-state index in [4.69, 9.17) is 4.74 Å². The molecule has 1 atom stereocenters. The van der Waals surface area contributed by atoms with E-state index in [0.29, 0.717) is 12.0 Å². The van der Waals surface area contributed by atoms with Gasteiger partial charge in [0.2, 0.25) is 0 Å². The maximum atomic E-state index is 12.3. The molecule has 0 radical (unpaired) electrons. The summed E-state index contributed by atoms with van der Waals surface area (Å²) < 4.78 is 5.83. The molecule has 4 nitrogen and oxygen atoms in total. The normalized spacial score (nSPS) is 16.9. The van der Waals surface area contributed by atoms with Crippen LogP contribution in [0.3, 0.4) is 0 Å². The second-order valence-electron chi connectivity index (χ2n) is 8.12. The summed E-state index contributed by atoms with van der Waals surface area (Å²) in [5.41, 5.74) is 4.28. The largest absolute Gasteiger partial charge is 0.483 e. The van der Waals surface area contributed by atoms with E-state index in [-0.39, 0.29) is 12.5 Å². The Morgan fingerprint density at radius 1 is 1.18 bits per heavy atom. The first kappa shape index (κ1) is 20.2. The third-order valence-electron chi connectivity index (χ3n) is 5.44. The standard InChI is InChI=1S/C24H32N2O2/c1-17(2)22-13-8-18(3)15-23(22)28-16-24(27)25-20-9-11-21(12-10-20)26-14-6-5-7-19(26)4/h8-13,15,17,19H,5-7,14,16H2,1-4H3,(H,25,27)/t19-/m0/s1. The van der Waals surface area contributed by atoms with Gasteiger partial charge in [0.25, 0.3) is 5.91 Å². The van der Waals surface area contributed by atoms with Gasteiger partial charge < -0.3 is 15.0 Å². The number of aryl methyl sites for hydroxylation is 1. The van der Waals surface area contributed by atoms with Gasteiger partial charge in [-0.05, 0) is 80.5 Å². The van der Waals surface area contributed by atoms with Crippen molar-refractivity contribution in [1.29, 1.82) is 0 Å². The summed E-state index contributed by atoms with van der Waals surface area (Å²) in [5.74, 6) is 0.998. The molecule has 3 rings (SSSR count). The number of piperidine rings is 1. The van der Waals surface area contributed by atoms with E-state index in [1.807, 2.05) is 25.1 Å². The average molecular weight is 381 g/mol. The van der Waals surface area contributed by atoms with Crippen LogP contribution >= 0.6 is 0 Å². The van der Waals surface area contributed by atoms with Gasteiger partial charge in [-0.25, -0.2) is 0 Å². The minimum atomic E-state index is -0.143. The van der Waals surface area contributed by atoms with Gasteiger partial charge >= 0.3 is 0 Å². The van der Waals surface area contributed by atoms with E-state index in [1.54, 1.807) is 0 Å². The fraction of sp³-hybridized carbons (Fsp3) is 0.458. The predicted octanol–water partition coefficient (Wildman–Crippen LogP) is 5.51. The number of benzene rings is 2. The van der Waals surface area contributed by atoms with E-state index in [0.717, 1.165) is 29.1 Å². The minimum Gasteiger partial charge on any atom is -0.483 e. The minimum absolute atomic E-state index is 0.00802. The topological polar surface area (TPSA) is 41.6 Å². The van der Waals surface area contributed by atoms with Crippen LogP contribution in [0.2, 0.25) is 0 Å². The van der Waals surface area contributed by atoms with Gasteiger partial charge in [0.15, 0.2) is 6.61 Å². The Kier molecular flexibility index (Phi) is 6.61. The van der Waals surface area contributed by atoms with E-state index >= 15 is 0 Å². The van der Waals surface area contributed by atoms with Crippen molar-refractivity contribution in [2.24, 2.45) is 0 Å². The summed E-state index contributed by atoms with van der Waals surface area (Å²) in [6.45, 7) is 9.68. The molecule has 1 heterocycles. The van der Waals surface area contributed by atoms with E-state index in [1.165, 1.54) is 24.9 Å². The number of rotatable bonds is 6. The molecule has 1 fully saturated rings. The summed E-state index contributed by atoms with van der Waals surface area (Å²) in [4.78, 5) is 14.8. The van der Waals surface area contributed by atoms with Gasteiger partial charge in [-0.3, -0.25) is 4.79 Å². The Morgan fingerprint density at radius 3 is 2.61 bits per heavy atom. The first-order chi connectivity index (χ1) is 13.4. The number of nitrogens with zero attached hydrogens (tertiary/aromatic N) is 1. The second-order valence-corrected chi connectivity index (χ2v) is 8.12. The number of hydrogen-bond acceptors (Lipinski definition) is 3. The molecule has 1 amide bonds. The van der Waals surface area contributed by atoms with Crippen molar-refractivity contribution >= 4 is 17.3 Å². The molecule has 4 heteroatoms. The third-order valence-corrected chi connectivity index (χ3v) is 5.44. The fourth-order valence-electron chi connectivity index (χ4n) is 3.80. The summed E-state index contributed by atoms with van der Waals surface area (Å²) >= 11 is 0. The van der Waals surface area contributed by atoms with Crippen molar-refractivity contribution in [1.82, 2.24) is 0 Å². The van der Waals surface area contributed by atoms with Crippen LogP contribution in [0.15, 0.2) is 42.5 Å². The Labute approximate surface area is 168 Å². The molecule has 0 aliphatic carbocycles. The highest BCUT2D eigenvalue weighted by molar-refractivity contribution is 5.92.